The fraction of sp³-hybridized carbons (Fsp3) is 0.316. The number of nitrogens with one attached hydrogen (secondary N) is 1. The minimum absolute atomic E-state index is 0.0332. The predicted octanol–water partition coefficient (Wildman–Crippen LogP) is 1.55. The van der Waals surface area contributed by atoms with Crippen LogP contribution < -0.4 is 10.3 Å². The highest BCUT2D eigenvalue weighted by atomic mass is 19.1. The molecule has 0 saturated heterocycles. The minimum atomic E-state index is -1.41. The summed E-state index contributed by atoms with van der Waals surface area (Å²) in [6.45, 7) is 0. The number of fused-ring (bicyclic) bond motifs is 1. The summed E-state index contributed by atoms with van der Waals surface area (Å²) in [4.78, 5) is 33.2. The van der Waals surface area contributed by atoms with Crippen LogP contribution in [0.1, 0.15) is 35.8 Å². The number of hydrogen-bond acceptors (Lipinski definition) is 8. The molecule has 0 amide bonds. The largest absolute Gasteiger partial charge is 0.489 e. The van der Waals surface area contributed by atoms with E-state index in [4.69, 9.17) is 4.74 Å². The Bertz CT molecular complexity index is 1420. The second-order valence-corrected chi connectivity index (χ2v) is 7.43. The van der Waals surface area contributed by atoms with Gasteiger partial charge >= 0.3 is 5.97 Å². The second-order valence-electron chi connectivity index (χ2n) is 7.43. The van der Waals surface area contributed by atoms with Gasteiger partial charge in [-0.25, -0.2) is 19.2 Å². The quantitative estimate of drug-likeness (QED) is 0.470. The number of hydrogen-bond donors (Lipinski definition) is 2. The summed E-state index contributed by atoms with van der Waals surface area (Å²) in [5, 5.41) is 23.0. The average molecular weight is 440 g/mol. The van der Waals surface area contributed by atoms with Crippen LogP contribution in [0.4, 0.5) is 4.39 Å². The lowest BCUT2D eigenvalue weighted by Crippen LogP contribution is -2.27. The summed E-state index contributed by atoms with van der Waals surface area (Å²) in [5.41, 5.74) is -0.121. The molecule has 32 heavy (non-hydrogen) atoms. The summed E-state index contributed by atoms with van der Waals surface area (Å²) < 4.78 is 22.8. The van der Waals surface area contributed by atoms with E-state index in [1.54, 1.807) is 6.07 Å². The molecule has 1 saturated carbocycles. The van der Waals surface area contributed by atoms with Crippen LogP contribution in [0.25, 0.3) is 34.1 Å². The third-order valence-corrected chi connectivity index (χ3v) is 5.66. The van der Waals surface area contributed by atoms with Gasteiger partial charge in [-0.3, -0.25) is 9.36 Å². The molecule has 4 aromatic rings. The van der Waals surface area contributed by atoms with E-state index >= 15 is 0 Å². The number of nitrogens with zero attached hydrogens (tertiary/aromatic N) is 7. The number of benzene rings is 1. The maximum absolute atomic E-state index is 14.8. The van der Waals surface area contributed by atoms with Crippen molar-refractivity contribution in [3.63, 3.8) is 0 Å². The maximum atomic E-state index is 14.8. The smallest absolute Gasteiger partial charge is 0.358 e. The molecule has 3 aromatic heterocycles. The first kappa shape index (κ1) is 19.8. The molecule has 0 atom stereocenters. The van der Waals surface area contributed by atoms with Crippen LogP contribution in [-0.4, -0.2) is 57.9 Å². The molecular weight excluding hydrogens is 423 g/mol. The zero-order valence-electron chi connectivity index (χ0n) is 17.0. The highest BCUT2D eigenvalue weighted by Gasteiger charge is 2.30. The van der Waals surface area contributed by atoms with Crippen molar-refractivity contribution in [1.29, 1.82) is 0 Å². The van der Waals surface area contributed by atoms with Crippen molar-refractivity contribution in [1.82, 2.24) is 39.7 Å². The van der Waals surface area contributed by atoms with Crippen molar-refractivity contribution in [3.05, 3.63) is 34.0 Å². The Kier molecular flexibility index (Phi) is 4.46. The molecular formula is C19H17FN8O4. The van der Waals surface area contributed by atoms with Gasteiger partial charge in [0.05, 0.1) is 23.7 Å². The third-order valence-electron chi connectivity index (χ3n) is 5.66. The van der Waals surface area contributed by atoms with E-state index in [2.05, 4.69) is 30.6 Å². The molecule has 2 N–H and O–H groups in total. The van der Waals surface area contributed by atoms with E-state index in [1.807, 2.05) is 4.57 Å². The van der Waals surface area contributed by atoms with E-state index in [9.17, 15) is 19.1 Å². The summed E-state index contributed by atoms with van der Waals surface area (Å²) in [7, 11) is 2.66. The normalized spacial score (nSPS) is 14.0. The Balaban J connectivity index is 1.82. The maximum Gasteiger partial charge on any atom is 0.358 e. The van der Waals surface area contributed by atoms with Gasteiger partial charge in [-0.05, 0) is 30.5 Å². The first-order chi connectivity index (χ1) is 15.4. The first-order valence-corrected chi connectivity index (χ1v) is 9.74. The molecule has 1 fully saturated rings. The van der Waals surface area contributed by atoms with Crippen molar-refractivity contribution in [2.75, 3.05) is 7.11 Å². The predicted molar refractivity (Wildman–Crippen MR) is 108 cm³/mol. The van der Waals surface area contributed by atoms with Gasteiger partial charge in [-0.2, -0.15) is 5.21 Å². The van der Waals surface area contributed by atoms with E-state index in [0.717, 1.165) is 19.3 Å². The van der Waals surface area contributed by atoms with E-state index in [1.165, 1.54) is 24.8 Å². The van der Waals surface area contributed by atoms with Gasteiger partial charge in [0.2, 0.25) is 11.6 Å². The molecule has 0 aliphatic heterocycles. The number of halogens is 1. The number of H-pyrrole nitrogens is 1. The number of carboxylic acid groups (broad SMARTS) is 1. The molecule has 164 valence electrons. The van der Waals surface area contributed by atoms with Gasteiger partial charge in [0.25, 0.3) is 5.56 Å². The lowest BCUT2D eigenvalue weighted by atomic mass is 9.92. The van der Waals surface area contributed by atoms with Gasteiger partial charge in [0.1, 0.15) is 5.82 Å². The fourth-order valence-corrected chi connectivity index (χ4v) is 3.85. The van der Waals surface area contributed by atoms with Crippen molar-refractivity contribution in [2.45, 2.75) is 25.3 Å². The summed E-state index contributed by atoms with van der Waals surface area (Å²) in [6.07, 6.45) is 2.70. The second kappa shape index (κ2) is 7.21. The van der Waals surface area contributed by atoms with Crippen molar-refractivity contribution in [2.24, 2.45) is 7.05 Å². The molecule has 0 bridgehead atoms. The highest BCUT2D eigenvalue weighted by molar-refractivity contribution is 5.89. The number of carbonyl (C=O) groups is 1. The van der Waals surface area contributed by atoms with Crippen molar-refractivity contribution in [3.8, 4) is 28.8 Å². The van der Waals surface area contributed by atoms with E-state index in [0.29, 0.717) is 11.0 Å². The molecule has 5 rings (SSSR count). The number of ether oxygens (including phenoxy) is 1. The Morgan fingerprint density at radius 3 is 2.66 bits per heavy atom. The van der Waals surface area contributed by atoms with Gasteiger partial charge < -0.3 is 14.4 Å². The Morgan fingerprint density at radius 2 is 2.06 bits per heavy atom. The van der Waals surface area contributed by atoms with Crippen LogP contribution in [0, 0.1) is 5.82 Å². The SMILES string of the molecule is COc1c(C(=O)O)nc(-c2nc3cc(F)c(-c4nn[nH]n4)cc3n2C2CCC2)n(C)c1=O. The van der Waals surface area contributed by atoms with E-state index < -0.39 is 23.0 Å². The molecule has 0 spiro atoms. The van der Waals surface area contributed by atoms with Crippen LogP contribution in [0.2, 0.25) is 0 Å². The molecule has 12 nitrogen and oxygen atoms in total. The number of imidazole rings is 1. The summed E-state index contributed by atoms with van der Waals surface area (Å²) in [5.74, 6) is -1.98. The molecule has 13 heteroatoms. The Hall–Kier alpha value is -4.16. The number of aromatic nitrogens is 8. The standard InChI is InChI=1S/C19H17FN8O4/c1-27-16(22-13(19(30)31)14(32-2)18(27)29)17-21-11-7-10(20)9(15-23-25-26-24-15)6-12(11)28(17)8-4-3-5-8/h6-8H,3-5H2,1-2H3,(H,30,31)(H,23,24,25,26). The summed E-state index contributed by atoms with van der Waals surface area (Å²) in [6, 6.07) is 2.86. The number of rotatable bonds is 5. The van der Waals surface area contributed by atoms with Crippen LogP contribution in [0.3, 0.4) is 0 Å². The van der Waals surface area contributed by atoms with Crippen LogP contribution in [-0.2, 0) is 7.05 Å². The van der Waals surface area contributed by atoms with E-state index in [-0.39, 0.29) is 34.8 Å². The topological polar surface area (TPSA) is 154 Å². The third kappa shape index (κ3) is 2.85. The lowest BCUT2D eigenvalue weighted by Gasteiger charge is -2.29. The van der Waals surface area contributed by atoms with Gasteiger partial charge in [-0.15, -0.1) is 10.2 Å². The van der Waals surface area contributed by atoms with Crippen molar-refractivity contribution >= 4 is 17.0 Å². The highest BCUT2D eigenvalue weighted by Crippen LogP contribution is 2.39. The van der Waals surface area contributed by atoms with Crippen LogP contribution in [0.5, 0.6) is 5.75 Å². The Morgan fingerprint density at radius 1 is 1.28 bits per heavy atom. The lowest BCUT2D eigenvalue weighted by molar-refractivity contribution is 0.0685. The van der Waals surface area contributed by atoms with Crippen LogP contribution >= 0.6 is 0 Å². The van der Waals surface area contributed by atoms with Gasteiger partial charge in [0.15, 0.2) is 17.3 Å². The van der Waals surface area contributed by atoms with Gasteiger partial charge in [-0.1, -0.05) is 0 Å². The number of aromatic carboxylic acids is 1. The Labute approximate surface area is 178 Å². The monoisotopic (exact) mass is 440 g/mol. The molecule has 1 aromatic carbocycles. The van der Waals surface area contributed by atoms with Gasteiger partial charge in [0, 0.05) is 19.2 Å². The zero-order chi connectivity index (χ0) is 22.6. The molecule has 0 radical (unpaired) electrons. The number of tetrazole rings is 1. The average Bonchev–Trinajstić information content (AvgIpc) is 3.36. The molecule has 3 heterocycles. The fourth-order valence-electron chi connectivity index (χ4n) is 3.85. The molecule has 1 aliphatic carbocycles. The number of carboxylic acids is 1. The molecule has 0 unspecified atom stereocenters. The minimum Gasteiger partial charge on any atom is -0.489 e. The number of methoxy groups -OCH3 is 1. The zero-order valence-corrected chi connectivity index (χ0v) is 17.0. The number of aromatic amines is 1. The van der Waals surface area contributed by atoms with Crippen LogP contribution in [0.15, 0.2) is 16.9 Å². The summed E-state index contributed by atoms with van der Waals surface area (Å²) >= 11 is 0. The molecule has 1 aliphatic rings. The first-order valence-electron chi connectivity index (χ1n) is 9.74. The van der Waals surface area contributed by atoms with Crippen molar-refractivity contribution < 1.29 is 19.0 Å².